The van der Waals surface area contributed by atoms with Crippen LogP contribution < -0.4 is 0 Å². The molecule has 0 saturated heterocycles. The quantitative estimate of drug-likeness (QED) is 0.596. The van der Waals surface area contributed by atoms with Crippen LogP contribution in [0.25, 0.3) is 0 Å². The van der Waals surface area contributed by atoms with E-state index in [1.165, 1.54) is 6.92 Å². The Morgan fingerprint density at radius 1 is 1.33 bits per heavy atom. The predicted octanol–water partition coefficient (Wildman–Crippen LogP) is 1.22. The van der Waals surface area contributed by atoms with E-state index in [0.29, 0.717) is 6.54 Å². The van der Waals surface area contributed by atoms with Crippen LogP contribution in [0.4, 0.5) is 0 Å². The van der Waals surface area contributed by atoms with Crippen LogP contribution in [-0.4, -0.2) is 29.2 Å². The van der Waals surface area contributed by atoms with Crippen LogP contribution in [0.1, 0.15) is 34.1 Å². The first-order chi connectivity index (χ1) is 5.49. The third-order valence-electron chi connectivity index (χ3n) is 1.68. The minimum atomic E-state index is -0.0703. The van der Waals surface area contributed by atoms with Gasteiger partial charge in [0.2, 0.25) is 5.91 Å². The molecule has 0 aliphatic rings. The van der Waals surface area contributed by atoms with Crippen molar-refractivity contribution in [3.63, 3.8) is 0 Å². The summed E-state index contributed by atoms with van der Waals surface area (Å²) in [5.41, 5.74) is 0. The molecule has 0 saturated carbocycles. The summed E-state index contributed by atoms with van der Waals surface area (Å²) in [6, 6.07) is 0.182. The molecule has 12 heavy (non-hydrogen) atoms. The van der Waals surface area contributed by atoms with Gasteiger partial charge < -0.3 is 4.90 Å². The lowest BCUT2D eigenvalue weighted by atomic mass is 10.2. The highest BCUT2D eigenvalue weighted by Crippen LogP contribution is 2.01. The molecular weight excluding hydrogens is 154 g/mol. The molecule has 0 atom stereocenters. The molecule has 0 aromatic heterocycles. The van der Waals surface area contributed by atoms with Gasteiger partial charge in [-0.25, -0.2) is 0 Å². The van der Waals surface area contributed by atoms with Crippen LogP contribution in [-0.2, 0) is 9.59 Å². The molecule has 0 unspecified atom stereocenters. The third-order valence-corrected chi connectivity index (χ3v) is 1.68. The highest BCUT2D eigenvalue weighted by atomic mass is 16.2. The van der Waals surface area contributed by atoms with Gasteiger partial charge >= 0.3 is 0 Å². The normalized spacial score (nSPS) is 10.1. The molecule has 0 spiro atoms. The van der Waals surface area contributed by atoms with Crippen molar-refractivity contribution in [1.29, 1.82) is 0 Å². The summed E-state index contributed by atoms with van der Waals surface area (Å²) in [6.45, 7) is 7.91. The number of Topliss-reactive ketones (excluding diaryl/α,β-unsaturated/α-hetero) is 1. The van der Waals surface area contributed by atoms with Crippen LogP contribution in [0.3, 0.4) is 0 Å². The highest BCUT2D eigenvalue weighted by molar-refractivity contribution is 5.96. The Bertz CT molecular complexity index is 175. The lowest BCUT2D eigenvalue weighted by Crippen LogP contribution is -2.37. The molecule has 0 aliphatic heterocycles. The van der Waals surface area contributed by atoms with E-state index in [1.54, 1.807) is 4.90 Å². The van der Waals surface area contributed by atoms with Crippen molar-refractivity contribution >= 4 is 11.7 Å². The van der Waals surface area contributed by atoms with Crippen molar-refractivity contribution in [3.8, 4) is 0 Å². The van der Waals surface area contributed by atoms with E-state index in [9.17, 15) is 9.59 Å². The van der Waals surface area contributed by atoms with Gasteiger partial charge in [0.15, 0.2) is 0 Å². The van der Waals surface area contributed by atoms with Gasteiger partial charge in [0, 0.05) is 12.6 Å². The summed E-state index contributed by atoms with van der Waals surface area (Å²) in [4.78, 5) is 23.7. The molecule has 0 heterocycles. The van der Waals surface area contributed by atoms with E-state index in [2.05, 4.69) is 0 Å². The maximum atomic E-state index is 11.3. The van der Waals surface area contributed by atoms with Crippen LogP contribution in [0.5, 0.6) is 0 Å². The maximum absolute atomic E-state index is 11.3. The summed E-state index contributed by atoms with van der Waals surface area (Å²) in [7, 11) is 0. The molecule has 3 nitrogen and oxygen atoms in total. The minimum absolute atomic E-state index is 0.0337. The fraction of sp³-hybridized carbons (Fsp3) is 0.778. The molecule has 0 N–H and O–H groups in total. The van der Waals surface area contributed by atoms with Crippen LogP contribution in [0, 0.1) is 0 Å². The van der Waals surface area contributed by atoms with Gasteiger partial charge in [-0.05, 0) is 27.7 Å². The first-order valence-electron chi connectivity index (χ1n) is 4.28. The summed E-state index contributed by atoms with van der Waals surface area (Å²) < 4.78 is 0. The summed E-state index contributed by atoms with van der Waals surface area (Å²) in [5, 5.41) is 0. The zero-order chi connectivity index (χ0) is 9.72. The SMILES string of the molecule is CCN(C(=O)CC(C)=O)C(C)C. The molecule has 0 aliphatic carbocycles. The number of hydrogen-bond donors (Lipinski definition) is 0. The molecule has 0 aromatic rings. The average Bonchev–Trinajstić information content (AvgIpc) is 1.85. The molecule has 0 fully saturated rings. The second kappa shape index (κ2) is 4.91. The molecule has 0 radical (unpaired) electrons. The number of amides is 1. The van der Waals surface area contributed by atoms with Gasteiger partial charge in [-0.3, -0.25) is 9.59 Å². The summed E-state index contributed by atoms with van der Waals surface area (Å²) in [5.74, 6) is -0.140. The second-order valence-corrected chi connectivity index (χ2v) is 3.15. The zero-order valence-electron chi connectivity index (χ0n) is 8.26. The van der Waals surface area contributed by atoms with Gasteiger partial charge in [0.05, 0.1) is 6.42 Å². The topological polar surface area (TPSA) is 37.4 Å². The number of rotatable bonds is 4. The smallest absolute Gasteiger partial charge is 0.230 e. The van der Waals surface area contributed by atoms with Gasteiger partial charge in [0.25, 0.3) is 0 Å². The number of nitrogens with zero attached hydrogens (tertiary/aromatic N) is 1. The number of hydrogen-bond acceptors (Lipinski definition) is 2. The summed E-state index contributed by atoms with van der Waals surface area (Å²) in [6.07, 6.45) is 0.0337. The Kier molecular flexibility index (Phi) is 4.55. The van der Waals surface area contributed by atoms with E-state index < -0.39 is 0 Å². The van der Waals surface area contributed by atoms with E-state index in [0.717, 1.165) is 0 Å². The first kappa shape index (κ1) is 11.1. The largest absolute Gasteiger partial charge is 0.340 e. The van der Waals surface area contributed by atoms with Crippen molar-refractivity contribution in [2.45, 2.75) is 40.2 Å². The van der Waals surface area contributed by atoms with Crippen molar-refractivity contribution in [2.75, 3.05) is 6.54 Å². The molecule has 1 amide bonds. The van der Waals surface area contributed by atoms with E-state index in [4.69, 9.17) is 0 Å². The van der Waals surface area contributed by atoms with Gasteiger partial charge in [-0.15, -0.1) is 0 Å². The van der Waals surface area contributed by atoms with E-state index in [-0.39, 0.29) is 24.2 Å². The van der Waals surface area contributed by atoms with Crippen LogP contribution in [0.15, 0.2) is 0 Å². The minimum Gasteiger partial charge on any atom is -0.340 e. The Hall–Kier alpha value is -0.860. The molecule has 0 aromatic carbocycles. The Morgan fingerprint density at radius 2 is 1.83 bits per heavy atom. The van der Waals surface area contributed by atoms with E-state index in [1.807, 2.05) is 20.8 Å². The monoisotopic (exact) mass is 171 g/mol. The Balaban J connectivity index is 4.12. The number of ketones is 1. The Morgan fingerprint density at radius 3 is 2.08 bits per heavy atom. The third kappa shape index (κ3) is 3.51. The summed E-state index contributed by atoms with van der Waals surface area (Å²) >= 11 is 0. The maximum Gasteiger partial charge on any atom is 0.230 e. The number of carbonyl (C=O) groups is 2. The second-order valence-electron chi connectivity index (χ2n) is 3.15. The van der Waals surface area contributed by atoms with Crippen molar-refractivity contribution in [3.05, 3.63) is 0 Å². The number of carbonyl (C=O) groups excluding carboxylic acids is 2. The van der Waals surface area contributed by atoms with E-state index >= 15 is 0 Å². The van der Waals surface area contributed by atoms with Crippen LogP contribution >= 0.6 is 0 Å². The molecule has 70 valence electrons. The van der Waals surface area contributed by atoms with Gasteiger partial charge in [0.1, 0.15) is 5.78 Å². The predicted molar refractivity (Wildman–Crippen MR) is 47.8 cm³/mol. The fourth-order valence-electron chi connectivity index (χ4n) is 1.14. The van der Waals surface area contributed by atoms with Crippen molar-refractivity contribution in [2.24, 2.45) is 0 Å². The Labute approximate surface area is 73.7 Å². The average molecular weight is 171 g/mol. The molecule has 0 rings (SSSR count). The molecule has 3 heteroatoms. The van der Waals surface area contributed by atoms with Crippen molar-refractivity contribution in [1.82, 2.24) is 4.90 Å². The lowest BCUT2D eigenvalue weighted by molar-refractivity contribution is -0.135. The standard InChI is InChI=1S/C9H17NO2/c1-5-10(7(2)3)9(12)6-8(4)11/h7H,5-6H2,1-4H3. The van der Waals surface area contributed by atoms with Gasteiger partial charge in [-0.2, -0.15) is 0 Å². The van der Waals surface area contributed by atoms with Gasteiger partial charge in [-0.1, -0.05) is 0 Å². The fourth-order valence-corrected chi connectivity index (χ4v) is 1.14. The molecular formula is C9H17NO2. The first-order valence-corrected chi connectivity index (χ1v) is 4.28. The highest BCUT2D eigenvalue weighted by Gasteiger charge is 2.15. The lowest BCUT2D eigenvalue weighted by Gasteiger charge is -2.24. The van der Waals surface area contributed by atoms with Crippen molar-refractivity contribution < 1.29 is 9.59 Å². The zero-order valence-corrected chi connectivity index (χ0v) is 8.26. The van der Waals surface area contributed by atoms with Crippen LogP contribution in [0.2, 0.25) is 0 Å². The molecule has 0 bridgehead atoms.